The normalized spacial score (nSPS) is 11.9. The van der Waals surface area contributed by atoms with E-state index < -0.39 is 6.10 Å². The second-order valence-corrected chi connectivity index (χ2v) is 6.35. The molecular formula is C21H24N4O2. The maximum absolute atomic E-state index is 9.53. The Morgan fingerprint density at radius 2 is 1.59 bits per heavy atom. The Morgan fingerprint density at radius 3 is 2.26 bits per heavy atom. The fraction of sp³-hybridized carbons (Fsp3) is 0.143. The maximum atomic E-state index is 9.53. The molecule has 0 aliphatic heterocycles. The van der Waals surface area contributed by atoms with Gasteiger partial charge >= 0.3 is 0 Å². The average molecular weight is 364 g/mol. The summed E-state index contributed by atoms with van der Waals surface area (Å²) in [7, 11) is 0. The van der Waals surface area contributed by atoms with E-state index in [1.807, 2.05) is 36.4 Å². The molecule has 3 rings (SSSR count). The fourth-order valence-electron chi connectivity index (χ4n) is 3.04. The van der Waals surface area contributed by atoms with Gasteiger partial charge in [-0.3, -0.25) is 0 Å². The molecule has 9 N–H and O–H groups in total. The van der Waals surface area contributed by atoms with Crippen LogP contribution in [0.1, 0.15) is 18.1 Å². The van der Waals surface area contributed by atoms with Crippen molar-refractivity contribution < 1.29 is 9.84 Å². The summed E-state index contributed by atoms with van der Waals surface area (Å²) in [5.41, 5.74) is 28.9. The van der Waals surface area contributed by atoms with Crippen molar-refractivity contribution in [2.24, 2.45) is 0 Å². The van der Waals surface area contributed by atoms with Crippen LogP contribution >= 0.6 is 0 Å². The van der Waals surface area contributed by atoms with Gasteiger partial charge in [0.15, 0.2) is 0 Å². The van der Waals surface area contributed by atoms with Crippen LogP contribution in [-0.2, 0) is 0 Å². The third-order valence-corrected chi connectivity index (χ3v) is 4.36. The predicted octanol–water partition coefficient (Wildman–Crippen LogP) is 3.18. The van der Waals surface area contributed by atoms with E-state index in [2.05, 4.69) is 0 Å². The molecule has 6 nitrogen and oxygen atoms in total. The van der Waals surface area contributed by atoms with Crippen molar-refractivity contribution in [3.05, 3.63) is 66.2 Å². The number of aliphatic hydroxyl groups is 1. The molecule has 0 bridgehead atoms. The van der Waals surface area contributed by atoms with E-state index in [-0.39, 0.29) is 6.61 Å². The second-order valence-electron chi connectivity index (χ2n) is 6.35. The first-order chi connectivity index (χ1) is 13.0. The number of benzene rings is 3. The number of hydrogen-bond acceptors (Lipinski definition) is 6. The Labute approximate surface area is 158 Å². The van der Waals surface area contributed by atoms with Gasteiger partial charge < -0.3 is 32.8 Å². The lowest BCUT2D eigenvalue weighted by molar-refractivity contribution is 0.157. The quantitative estimate of drug-likeness (QED) is 0.427. The van der Waals surface area contributed by atoms with Crippen LogP contribution in [0.2, 0.25) is 0 Å². The van der Waals surface area contributed by atoms with Crippen LogP contribution in [0.15, 0.2) is 60.7 Å². The van der Waals surface area contributed by atoms with E-state index in [1.165, 1.54) is 0 Å². The van der Waals surface area contributed by atoms with Gasteiger partial charge in [-0.2, -0.15) is 0 Å². The van der Waals surface area contributed by atoms with Crippen molar-refractivity contribution >= 4 is 22.7 Å². The molecule has 1 atom stereocenters. The van der Waals surface area contributed by atoms with Crippen LogP contribution in [0.4, 0.5) is 22.7 Å². The molecule has 140 valence electrons. The standard InChI is InChI=1S/C21H24N4O2/c22-14-6-7-20(18(24)12-14)27-19(8-9-26)17-11-15(23)10-16(21(17)25)13-4-2-1-3-5-13/h1-7,10-12,19,26H,8-9,22-25H2. The average Bonchev–Trinajstić information content (AvgIpc) is 2.65. The number of aliphatic hydroxyl groups excluding tert-OH is 1. The number of hydrogen-bond donors (Lipinski definition) is 5. The van der Waals surface area contributed by atoms with Crippen LogP contribution in [0.3, 0.4) is 0 Å². The molecule has 0 aliphatic carbocycles. The molecule has 0 aromatic heterocycles. The van der Waals surface area contributed by atoms with E-state index in [0.29, 0.717) is 40.5 Å². The summed E-state index contributed by atoms with van der Waals surface area (Å²) >= 11 is 0. The molecule has 0 aliphatic rings. The summed E-state index contributed by atoms with van der Waals surface area (Å²) in [5, 5.41) is 9.53. The highest BCUT2D eigenvalue weighted by molar-refractivity contribution is 5.82. The van der Waals surface area contributed by atoms with E-state index in [9.17, 15) is 5.11 Å². The zero-order chi connectivity index (χ0) is 19.4. The van der Waals surface area contributed by atoms with Gasteiger partial charge in [-0.1, -0.05) is 30.3 Å². The van der Waals surface area contributed by atoms with Gasteiger partial charge in [0, 0.05) is 41.2 Å². The van der Waals surface area contributed by atoms with Crippen molar-refractivity contribution in [3.63, 3.8) is 0 Å². The lowest BCUT2D eigenvalue weighted by Crippen LogP contribution is -2.14. The topological polar surface area (TPSA) is 134 Å². The van der Waals surface area contributed by atoms with E-state index in [0.717, 1.165) is 11.1 Å². The Kier molecular flexibility index (Phi) is 5.38. The van der Waals surface area contributed by atoms with Gasteiger partial charge in [-0.05, 0) is 35.9 Å². The molecule has 27 heavy (non-hydrogen) atoms. The summed E-state index contributed by atoms with van der Waals surface area (Å²) < 4.78 is 6.08. The van der Waals surface area contributed by atoms with Crippen LogP contribution in [-0.4, -0.2) is 11.7 Å². The van der Waals surface area contributed by atoms with Gasteiger partial charge in [0.25, 0.3) is 0 Å². The Balaban J connectivity index is 2.04. The molecule has 6 heteroatoms. The van der Waals surface area contributed by atoms with Crippen LogP contribution in [0.5, 0.6) is 5.75 Å². The SMILES string of the molecule is Nc1ccc(OC(CCO)c2cc(N)cc(-c3ccccc3)c2N)c(N)c1. The van der Waals surface area contributed by atoms with Gasteiger partial charge in [0.1, 0.15) is 11.9 Å². The van der Waals surface area contributed by atoms with Crippen molar-refractivity contribution in [2.75, 3.05) is 29.5 Å². The molecule has 0 radical (unpaired) electrons. The first-order valence-corrected chi connectivity index (χ1v) is 8.66. The molecule has 1 unspecified atom stereocenters. The monoisotopic (exact) mass is 364 g/mol. The van der Waals surface area contributed by atoms with Crippen molar-refractivity contribution in [1.29, 1.82) is 0 Å². The zero-order valence-electron chi connectivity index (χ0n) is 14.9. The maximum Gasteiger partial charge on any atom is 0.143 e. The molecule has 0 heterocycles. The highest BCUT2D eigenvalue weighted by Crippen LogP contribution is 2.38. The number of ether oxygens (including phenoxy) is 1. The molecule has 0 saturated heterocycles. The summed E-state index contributed by atoms with van der Waals surface area (Å²) in [6, 6.07) is 18.4. The van der Waals surface area contributed by atoms with E-state index >= 15 is 0 Å². The second kappa shape index (κ2) is 7.88. The zero-order valence-corrected chi connectivity index (χ0v) is 14.9. The number of nitrogen functional groups attached to an aromatic ring is 4. The Bertz CT molecular complexity index is 929. The van der Waals surface area contributed by atoms with Crippen molar-refractivity contribution in [2.45, 2.75) is 12.5 Å². The van der Waals surface area contributed by atoms with Gasteiger partial charge in [-0.15, -0.1) is 0 Å². The summed E-state index contributed by atoms with van der Waals surface area (Å²) in [6.45, 7) is -0.0749. The summed E-state index contributed by atoms with van der Waals surface area (Å²) in [5.74, 6) is 0.478. The number of nitrogens with two attached hydrogens (primary N) is 4. The minimum Gasteiger partial charge on any atom is -0.483 e. The van der Waals surface area contributed by atoms with E-state index in [4.69, 9.17) is 27.7 Å². The van der Waals surface area contributed by atoms with Crippen LogP contribution in [0.25, 0.3) is 11.1 Å². The third kappa shape index (κ3) is 4.07. The lowest BCUT2D eigenvalue weighted by Gasteiger charge is -2.23. The Hall–Kier alpha value is -3.38. The number of anilines is 4. The van der Waals surface area contributed by atoms with Crippen molar-refractivity contribution in [3.8, 4) is 16.9 Å². The third-order valence-electron chi connectivity index (χ3n) is 4.36. The number of rotatable bonds is 6. The van der Waals surface area contributed by atoms with E-state index in [1.54, 1.807) is 24.3 Å². The molecule has 3 aromatic carbocycles. The smallest absolute Gasteiger partial charge is 0.143 e. The molecule has 3 aromatic rings. The first-order valence-electron chi connectivity index (χ1n) is 8.66. The van der Waals surface area contributed by atoms with Gasteiger partial charge in [-0.25, -0.2) is 0 Å². The first kappa shape index (κ1) is 18.4. The molecule has 0 spiro atoms. The summed E-state index contributed by atoms with van der Waals surface area (Å²) in [4.78, 5) is 0. The molecular weight excluding hydrogens is 340 g/mol. The molecule has 0 saturated carbocycles. The minimum absolute atomic E-state index is 0.0749. The predicted molar refractivity (Wildman–Crippen MR) is 111 cm³/mol. The fourth-order valence-corrected chi connectivity index (χ4v) is 3.04. The lowest BCUT2D eigenvalue weighted by atomic mass is 9.95. The van der Waals surface area contributed by atoms with Gasteiger partial charge in [0.2, 0.25) is 0 Å². The highest BCUT2D eigenvalue weighted by Gasteiger charge is 2.20. The van der Waals surface area contributed by atoms with Gasteiger partial charge in [0.05, 0.1) is 5.69 Å². The minimum atomic E-state index is -0.508. The molecule has 0 amide bonds. The van der Waals surface area contributed by atoms with Crippen molar-refractivity contribution in [1.82, 2.24) is 0 Å². The van der Waals surface area contributed by atoms with Crippen LogP contribution in [0, 0.1) is 0 Å². The molecule has 0 fully saturated rings. The van der Waals surface area contributed by atoms with Crippen LogP contribution < -0.4 is 27.7 Å². The largest absolute Gasteiger partial charge is 0.483 e. The summed E-state index contributed by atoms with van der Waals surface area (Å²) in [6.07, 6.45) is -0.169. The Morgan fingerprint density at radius 1 is 0.852 bits per heavy atom. The highest BCUT2D eigenvalue weighted by atomic mass is 16.5.